The summed E-state index contributed by atoms with van der Waals surface area (Å²) in [7, 11) is 0. The third kappa shape index (κ3) is 3.11. The van der Waals surface area contributed by atoms with Gasteiger partial charge in [0, 0.05) is 4.47 Å². The van der Waals surface area contributed by atoms with E-state index >= 15 is 0 Å². The summed E-state index contributed by atoms with van der Waals surface area (Å²) in [4.78, 5) is 9.60. The van der Waals surface area contributed by atoms with Crippen molar-refractivity contribution in [2.75, 3.05) is 4.90 Å². The van der Waals surface area contributed by atoms with Crippen LogP contribution in [0.25, 0.3) is 0 Å². The van der Waals surface area contributed by atoms with Gasteiger partial charge in [0.05, 0.1) is 22.9 Å². The van der Waals surface area contributed by atoms with Crippen molar-refractivity contribution in [3.05, 3.63) is 27.7 Å². The van der Waals surface area contributed by atoms with E-state index in [4.69, 9.17) is 16.7 Å². The first-order valence-corrected chi connectivity index (χ1v) is 8.78. The molecule has 1 aliphatic carbocycles. The van der Waals surface area contributed by atoms with E-state index in [1.165, 1.54) is 11.0 Å². The summed E-state index contributed by atoms with van der Waals surface area (Å²) in [6.07, 6.45) is -1.14. The average molecular weight is 429 g/mol. The Morgan fingerprint density at radius 1 is 1.19 bits per heavy atom. The Bertz CT molecular complexity index is 834. The predicted octanol–water partition coefficient (Wildman–Crippen LogP) is 3.45. The van der Waals surface area contributed by atoms with E-state index in [1.54, 1.807) is 6.07 Å². The van der Waals surface area contributed by atoms with E-state index in [0.717, 1.165) is 25.3 Å². The van der Waals surface area contributed by atoms with Crippen LogP contribution in [0, 0.1) is 11.3 Å². The largest absolute Gasteiger partial charge is 0.418 e. The first-order valence-electron chi connectivity index (χ1n) is 7.98. The summed E-state index contributed by atoms with van der Waals surface area (Å²) in [6.45, 7) is 0. The van der Waals surface area contributed by atoms with Crippen LogP contribution in [0.3, 0.4) is 0 Å². The fourth-order valence-electron chi connectivity index (χ4n) is 3.55. The van der Waals surface area contributed by atoms with Crippen LogP contribution >= 0.6 is 15.9 Å². The second-order valence-electron chi connectivity index (χ2n) is 6.28. The van der Waals surface area contributed by atoms with Gasteiger partial charge in [-0.25, -0.2) is 4.99 Å². The molecule has 26 heavy (non-hydrogen) atoms. The highest BCUT2D eigenvalue weighted by atomic mass is 79.9. The van der Waals surface area contributed by atoms with E-state index in [-0.39, 0.29) is 27.6 Å². The zero-order chi connectivity index (χ0) is 19.1. The van der Waals surface area contributed by atoms with Crippen molar-refractivity contribution in [2.24, 2.45) is 21.5 Å². The molecule has 0 bridgehead atoms. The Balaban J connectivity index is 2.27. The van der Waals surface area contributed by atoms with Crippen LogP contribution in [0.1, 0.15) is 43.2 Å². The Kier molecular flexibility index (Phi) is 4.60. The van der Waals surface area contributed by atoms with Crippen LogP contribution in [0.15, 0.2) is 26.6 Å². The number of hydrogen-bond donors (Lipinski definition) is 2. The number of anilines is 1. The summed E-state index contributed by atoms with van der Waals surface area (Å²) >= 11 is 3.18. The van der Waals surface area contributed by atoms with E-state index in [0.29, 0.717) is 12.8 Å². The standard InChI is InChI=1S/C16H16BrF3N6/c17-11-7-9(8-21)6-10(16(18,19)20)12(11)26-14(23)24-13(22)25-15(26)4-2-1-3-5-15/h6-7H,1-5H2,(H4,22,23,24,25). The maximum Gasteiger partial charge on any atom is 0.418 e. The van der Waals surface area contributed by atoms with Crippen LogP contribution in [-0.2, 0) is 6.18 Å². The van der Waals surface area contributed by atoms with Gasteiger partial charge in [0.2, 0.25) is 11.9 Å². The highest BCUT2D eigenvalue weighted by Gasteiger charge is 2.47. The highest BCUT2D eigenvalue weighted by molar-refractivity contribution is 9.10. The number of guanidine groups is 2. The van der Waals surface area contributed by atoms with Crippen molar-refractivity contribution < 1.29 is 13.2 Å². The molecule has 0 amide bonds. The first-order chi connectivity index (χ1) is 12.2. The van der Waals surface area contributed by atoms with Gasteiger partial charge in [-0.05, 0) is 53.7 Å². The number of nitrogens with two attached hydrogens (primary N) is 2. The second kappa shape index (κ2) is 6.46. The number of halogens is 4. The lowest BCUT2D eigenvalue weighted by Crippen LogP contribution is -2.58. The fourth-order valence-corrected chi connectivity index (χ4v) is 4.19. The third-order valence-corrected chi connectivity index (χ3v) is 5.18. The highest BCUT2D eigenvalue weighted by Crippen LogP contribution is 2.47. The molecular formula is C16H16BrF3N6. The summed E-state index contributed by atoms with van der Waals surface area (Å²) < 4.78 is 41.4. The molecule has 0 atom stereocenters. The number of alkyl halides is 3. The second-order valence-corrected chi connectivity index (χ2v) is 7.14. The molecule has 0 radical (unpaired) electrons. The Morgan fingerprint density at radius 2 is 1.85 bits per heavy atom. The summed E-state index contributed by atoms with van der Waals surface area (Å²) in [5, 5.41) is 9.04. The van der Waals surface area contributed by atoms with Crippen LogP contribution in [0.2, 0.25) is 0 Å². The lowest BCUT2D eigenvalue weighted by Gasteiger charge is -2.46. The molecular weight excluding hydrogens is 413 g/mol. The Labute approximate surface area is 156 Å². The maximum atomic E-state index is 13.8. The zero-order valence-electron chi connectivity index (χ0n) is 13.6. The average Bonchev–Trinajstić information content (AvgIpc) is 2.54. The summed E-state index contributed by atoms with van der Waals surface area (Å²) in [5.41, 5.74) is 9.49. The molecule has 6 nitrogen and oxygen atoms in total. The van der Waals surface area contributed by atoms with Gasteiger partial charge in [0.1, 0.15) is 5.66 Å². The molecule has 0 aromatic heterocycles. The SMILES string of the molecule is N#Cc1cc(Br)c(N2C(N)=NC(N)=NC23CCCCC3)c(C(F)(F)F)c1. The van der Waals surface area contributed by atoms with Crippen LogP contribution < -0.4 is 16.4 Å². The molecule has 2 aliphatic rings. The lowest BCUT2D eigenvalue weighted by atomic mass is 9.86. The van der Waals surface area contributed by atoms with Gasteiger partial charge in [0.15, 0.2) is 0 Å². The normalized spacial score (nSPS) is 19.7. The minimum Gasteiger partial charge on any atom is -0.369 e. The molecule has 1 saturated carbocycles. The van der Waals surface area contributed by atoms with Crippen molar-refractivity contribution in [2.45, 2.75) is 43.9 Å². The van der Waals surface area contributed by atoms with Gasteiger partial charge < -0.3 is 11.5 Å². The van der Waals surface area contributed by atoms with Gasteiger partial charge in [0.25, 0.3) is 0 Å². The number of nitrogens with zero attached hydrogens (tertiary/aromatic N) is 4. The molecule has 1 spiro atoms. The van der Waals surface area contributed by atoms with E-state index in [1.807, 2.05) is 0 Å². The molecule has 0 unspecified atom stereocenters. The number of nitriles is 1. The van der Waals surface area contributed by atoms with Crippen molar-refractivity contribution >= 4 is 33.5 Å². The summed E-state index contributed by atoms with van der Waals surface area (Å²) in [6, 6.07) is 3.88. The first kappa shape index (κ1) is 18.5. The van der Waals surface area contributed by atoms with E-state index < -0.39 is 17.4 Å². The monoisotopic (exact) mass is 428 g/mol. The molecule has 4 N–H and O–H groups in total. The van der Waals surface area contributed by atoms with Crippen molar-refractivity contribution in [1.29, 1.82) is 5.26 Å². The molecule has 10 heteroatoms. The van der Waals surface area contributed by atoms with Crippen molar-refractivity contribution in [3.63, 3.8) is 0 Å². The van der Waals surface area contributed by atoms with Gasteiger partial charge in [-0.2, -0.15) is 23.4 Å². The topological polar surface area (TPSA) is 104 Å². The molecule has 1 fully saturated rings. The van der Waals surface area contributed by atoms with Crippen LogP contribution in [0.5, 0.6) is 0 Å². The maximum absolute atomic E-state index is 13.8. The fraction of sp³-hybridized carbons (Fsp3) is 0.438. The Hall–Kier alpha value is -2.28. The predicted molar refractivity (Wildman–Crippen MR) is 95.4 cm³/mol. The smallest absolute Gasteiger partial charge is 0.369 e. The van der Waals surface area contributed by atoms with Crippen molar-refractivity contribution in [3.8, 4) is 6.07 Å². The van der Waals surface area contributed by atoms with Gasteiger partial charge in [-0.15, -0.1) is 0 Å². The van der Waals surface area contributed by atoms with Gasteiger partial charge in [-0.3, -0.25) is 4.90 Å². The molecule has 1 aromatic carbocycles. The molecule has 1 aromatic rings. The number of benzene rings is 1. The lowest BCUT2D eigenvalue weighted by molar-refractivity contribution is -0.137. The number of hydrogen-bond acceptors (Lipinski definition) is 6. The quantitative estimate of drug-likeness (QED) is 0.714. The van der Waals surface area contributed by atoms with Crippen molar-refractivity contribution in [1.82, 2.24) is 0 Å². The molecule has 138 valence electrons. The molecule has 1 heterocycles. The minimum absolute atomic E-state index is 0.0426. The minimum atomic E-state index is -4.69. The van der Waals surface area contributed by atoms with E-state index in [2.05, 4.69) is 25.9 Å². The molecule has 0 saturated heterocycles. The van der Waals surface area contributed by atoms with Gasteiger partial charge >= 0.3 is 6.18 Å². The van der Waals surface area contributed by atoms with E-state index in [9.17, 15) is 13.2 Å². The Morgan fingerprint density at radius 3 is 2.42 bits per heavy atom. The molecule has 3 rings (SSSR count). The van der Waals surface area contributed by atoms with Gasteiger partial charge in [-0.1, -0.05) is 6.42 Å². The number of rotatable bonds is 1. The van der Waals surface area contributed by atoms with Crippen LogP contribution in [0.4, 0.5) is 18.9 Å². The zero-order valence-corrected chi connectivity index (χ0v) is 15.2. The summed E-state index contributed by atoms with van der Waals surface area (Å²) in [5.74, 6) is -0.186. The number of aliphatic imine (C=N–C) groups is 2. The third-order valence-electron chi connectivity index (χ3n) is 4.57. The molecule has 1 aliphatic heterocycles. The van der Waals surface area contributed by atoms with Crippen LogP contribution in [-0.4, -0.2) is 17.6 Å².